The fraction of sp³-hybridized carbons (Fsp3) is 0.833. The lowest BCUT2D eigenvalue weighted by Gasteiger charge is -2.20. The van der Waals surface area contributed by atoms with Crippen LogP contribution in [0.5, 0.6) is 0 Å². The van der Waals surface area contributed by atoms with Gasteiger partial charge in [-0.15, -0.1) is 0 Å². The maximum Gasteiger partial charge on any atom is 0.0571 e. The number of fused-ring (bicyclic) bond motifs is 1. The van der Waals surface area contributed by atoms with E-state index in [1.807, 2.05) is 0 Å². The van der Waals surface area contributed by atoms with E-state index in [0.29, 0.717) is 11.3 Å². The molecule has 0 amide bonds. The zero-order valence-electron chi connectivity index (χ0n) is 5.92. The first-order valence-electron chi connectivity index (χ1n) is 3.52. The molecule has 56 valence electrons. The fourth-order valence-electron chi connectivity index (χ4n) is 1.34. The minimum Gasteiger partial charge on any atom is -0.293 e. The average molecular weight is 157 g/mol. The Hall–Kier alpha value is -0.0600. The zero-order valence-corrected chi connectivity index (χ0v) is 6.74. The van der Waals surface area contributed by atoms with Gasteiger partial charge in [0.2, 0.25) is 0 Å². The molecule has 2 unspecified atom stereocenters. The van der Waals surface area contributed by atoms with Gasteiger partial charge in [0, 0.05) is 18.2 Å². The summed E-state index contributed by atoms with van der Waals surface area (Å²) in [5.41, 5.74) is 4.50. The summed E-state index contributed by atoms with van der Waals surface area (Å²) >= 11 is 1.76. The van der Waals surface area contributed by atoms with E-state index in [4.69, 9.17) is 0 Å². The third-order valence-corrected chi connectivity index (χ3v) is 2.98. The van der Waals surface area contributed by atoms with Gasteiger partial charge in [0.1, 0.15) is 0 Å². The van der Waals surface area contributed by atoms with Gasteiger partial charge in [0.25, 0.3) is 0 Å². The van der Waals surface area contributed by atoms with Gasteiger partial charge in [-0.1, -0.05) is 11.9 Å². The van der Waals surface area contributed by atoms with Crippen LogP contribution in [-0.4, -0.2) is 23.5 Å². The highest BCUT2D eigenvalue weighted by atomic mass is 32.2. The lowest BCUT2D eigenvalue weighted by molar-refractivity contribution is 0.523. The summed E-state index contributed by atoms with van der Waals surface area (Å²) in [6.45, 7) is 3.07. The predicted molar refractivity (Wildman–Crippen MR) is 44.0 cm³/mol. The third kappa shape index (κ3) is 1.07. The molecule has 2 aliphatic heterocycles. The van der Waals surface area contributed by atoms with Crippen LogP contribution in [0.15, 0.2) is 4.99 Å². The summed E-state index contributed by atoms with van der Waals surface area (Å²) in [5, 5.41) is 0.656. The number of aliphatic imine (C=N–C) groups is 1. The Labute approximate surface area is 64.8 Å². The largest absolute Gasteiger partial charge is 0.293 e. The minimum atomic E-state index is 0.613. The number of hydrogen-bond acceptors (Lipinski definition) is 4. The molecule has 2 heterocycles. The quantitative estimate of drug-likeness (QED) is 0.498. The van der Waals surface area contributed by atoms with Gasteiger partial charge in [-0.2, -0.15) is 0 Å². The fourth-order valence-corrected chi connectivity index (χ4v) is 2.18. The van der Waals surface area contributed by atoms with Crippen LogP contribution in [0, 0.1) is 0 Å². The second-order valence-corrected chi connectivity index (χ2v) is 3.83. The lowest BCUT2D eigenvalue weighted by atomic mass is 10.0. The zero-order chi connectivity index (χ0) is 6.97. The van der Waals surface area contributed by atoms with Crippen molar-refractivity contribution in [2.75, 3.05) is 6.54 Å². The first-order valence-corrected chi connectivity index (χ1v) is 4.40. The van der Waals surface area contributed by atoms with Crippen LogP contribution in [0.1, 0.15) is 13.3 Å². The summed E-state index contributed by atoms with van der Waals surface area (Å²) in [6, 6.07) is 0.613. The molecule has 3 nitrogen and oxygen atoms in total. The average Bonchev–Trinajstić information content (AvgIpc) is 2.33. The van der Waals surface area contributed by atoms with Crippen LogP contribution >= 0.6 is 11.9 Å². The van der Waals surface area contributed by atoms with Crippen molar-refractivity contribution >= 4 is 17.7 Å². The number of nitrogens with zero attached hydrogens (tertiary/aromatic N) is 1. The van der Waals surface area contributed by atoms with Crippen molar-refractivity contribution in [2.45, 2.75) is 24.6 Å². The van der Waals surface area contributed by atoms with Crippen molar-refractivity contribution in [2.24, 2.45) is 4.99 Å². The van der Waals surface area contributed by atoms with E-state index >= 15 is 0 Å². The van der Waals surface area contributed by atoms with Gasteiger partial charge in [-0.25, -0.2) is 10.3 Å². The number of hydrogen-bond donors (Lipinski definition) is 2. The number of nitrogens with one attached hydrogen (secondary N) is 2. The molecule has 0 saturated carbocycles. The first-order chi connectivity index (χ1) is 4.86. The minimum absolute atomic E-state index is 0.613. The van der Waals surface area contributed by atoms with E-state index in [1.54, 1.807) is 11.9 Å². The van der Waals surface area contributed by atoms with Crippen molar-refractivity contribution in [3.63, 3.8) is 0 Å². The molecule has 0 aromatic heterocycles. The molecule has 0 aliphatic carbocycles. The van der Waals surface area contributed by atoms with Crippen LogP contribution in [0.4, 0.5) is 0 Å². The van der Waals surface area contributed by atoms with E-state index in [1.165, 1.54) is 5.71 Å². The Morgan fingerprint density at radius 2 is 2.60 bits per heavy atom. The van der Waals surface area contributed by atoms with E-state index < -0.39 is 0 Å². The monoisotopic (exact) mass is 157 g/mol. The highest BCUT2D eigenvalue weighted by Crippen LogP contribution is 2.22. The topological polar surface area (TPSA) is 36.4 Å². The third-order valence-electron chi connectivity index (χ3n) is 1.96. The standard InChI is InChI=1S/C6H11N3S/c1-4-2-5-6(3-7-4)10-9-8-5/h5-6,8-9H,2-3H2,1H3. The molecule has 2 N–H and O–H groups in total. The molecule has 2 aliphatic rings. The molecule has 4 heteroatoms. The molecule has 0 aromatic rings. The Bertz CT molecular complexity index is 168. The molecule has 0 bridgehead atoms. The van der Waals surface area contributed by atoms with Crippen molar-refractivity contribution in [3.05, 3.63) is 0 Å². The molecule has 0 spiro atoms. The summed E-state index contributed by atoms with van der Waals surface area (Å²) < 4.78 is 0. The van der Waals surface area contributed by atoms with E-state index in [0.717, 1.165) is 13.0 Å². The van der Waals surface area contributed by atoms with Gasteiger partial charge in [0.05, 0.1) is 11.8 Å². The molecule has 1 saturated heterocycles. The summed E-state index contributed by atoms with van der Waals surface area (Å²) in [6.07, 6.45) is 1.10. The second kappa shape index (κ2) is 2.53. The first kappa shape index (κ1) is 6.64. The Balaban J connectivity index is 2.08. The van der Waals surface area contributed by atoms with Gasteiger partial charge in [-0.3, -0.25) is 4.99 Å². The highest BCUT2D eigenvalue weighted by molar-refractivity contribution is 7.98. The summed E-state index contributed by atoms with van der Waals surface area (Å²) in [7, 11) is 0. The van der Waals surface area contributed by atoms with Crippen molar-refractivity contribution in [1.82, 2.24) is 10.3 Å². The van der Waals surface area contributed by atoms with E-state index in [-0.39, 0.29) is 0 Å². The molecule has 10 heavy (non-hydrogen) atoms. The molecule has 2 atom stereocenters. The van der Waals surface area contributed by atoms with Crippen LogP contribution in [0.2, 0.25) is 0 Å². The van der Waals surface area contributed by atoms with Gasteiger partial charge < -0.3 is 0 Å². The van der Waals surface area contributed by atoms with Crippen LogP contribution in [0.3, 0.4) is 0 Å². The number of rotatable bonds is 0. The maximum atomic E-state index is 4.39. The maximum absolute atomic E-state index is 4.39. The highest BCUT2D eigenvalue weighted by Gasteiger charge is 2.30. The van der Waals surface area contributed by atoms with Gasteiger partial charge in [0.15, 0.2) is 0 Å². The van der Waals surface area contributed by atoms with E-state index in [2.05, 4.69) is 22.2 Å². The predicted octanol–water partition coefficient (Wildman–Crippen LogP) is 0.344. The smallest absolute Gasteiger partial charge is 0.0571 e. The SMILES string of the molecule is CC1=NCC2SNNC2C1. The Morgan fingerprint density at radius 3 is 3.50 bits per heavy atom. The molecule has 0 aromatic carbocycles. The lowest BCUT2D eigenvalue weighted by Crippen LogP contribution is -2.38. The van der Waals surface area contributed by atoms with Crippen molar-refractivity contribution in [1.29, 1.82) is 0 Å². The van der Waals surface area contributed by atoms with Gasteiger partial charge >= 0.3 is 0 Å². The van der Waals surface area contributed by atoms with Gasteiger partial charge in [-0.05, 0) is 6.92 Å². The number of hydrazine groups is 1. The van der Waals surface area contributed by atoms with Crippen LogP contribution < -0.4 is 10.3 Å². The molecule has 0 radical (unpaired) electrons. The molecular formula is C6H11N3S. The summed E-state index contributed by atoms with van der Waals surface area (Å²) in [4.78, 5) is 7.47. The second-order valence-electron chi connectivity index (χ2n) is 2.79. The molecule has 2 rings (SSSR count). The normalized spacial score (nSPS) is 39.1. The molecule has 1 fully saturated rings. The van der Waals surface area contributed by atoms with Crippen molar-refractivity contribution < 1.29 is 0 Å². The Morgan fingerprint density at radius 1 is 1.70 bits per heavy atom. The molecular weight excluding hydrogens is 146 g/mol. The summed E-state index contributed by atoms with van der Waals surface area (Å²) in [5.74, 6) is 0. The Kier molecular flexibility index (Phi) is 1.68. The van der Waals surface area contributed by atoms with Crippen molar-refractivity contribution in [3.8, 4) is 0 Å². The van der Waals surface area contributed by atoms with E-state index in [9.17, 15) is 0 Å². The van der Waals surface area contributed by atoms with Crippen LogP contribution in [0.25, 0.3) is 0 Å². The van der Waals surface area contributed by atoms with Crippen LogP contribution in [-0.2, 0) is 0 Å².